The van der Waals surface area contributed by atoms with E-state index in [1.807, 2.05) is 17.7 Å². The summed E-state index contributed by atoms with van der Waals surface area (Å²) < 4.78 is 1.96. The zero-order valence-electron chi connectivity index (χ0n) is 10.3. The maximum atomic E-state index is 12.1. The Balaban J connectivity index is 2.16. The van der Waals surface area contributed by atoms with Gasteiger partial charge in [0.05, 0.1) is 12.1 Å². The minimum absolute atomic E-state index is 0.0352. The van der Waals surface area contributed by atoms with Crippen LogP contribution in [0.5, 0.6) is 0 Å². The molecule has 0 fully saturated rings. The summed E-state index contributed by atoms with van der Waals surface area (Å²) in [6, 6.07) is 3.45. The summed E-state index contributed by atoms with van der Waals surface area (Å²) in [5, 5.41) is 0. The maximum absolute atomic E-state index is 12.1. The molecule has 5 heteroatoms. The van der Waals surface area contributed by atoms with Crippen molar-refractivity contribution in [3.8, 4) is 0 Å². The third-order valence-electron chi connectivity index (χ3n) is 2.81. The fourth-order valence-corrected chi connectivity index (χ4v) is 1.80. The second-order valence-electron chi connectivity index (χ2n) is 3.97. The Morgan fingerprint density at radius 3 is 2.94 bits per heavy atom. The number of carbonyl (C=O) groups is 1. The molecule has 0 aliphatic heterocycles. The Morgan fingerprint density at radius 1 is 1.39 bits per heavy atom. The number of pyridine rings is 1. The molecule has 18 heavy (non-hydrogen) atoms. The van der Waals surface area contributed by atoms with E-state index >= 15 is 0 Å². The Morgan fingerprint density at radius 2 is 2.22 bits per heavy atom. The lowest BCUT2D eigenvalue weighted by molar-refractivity contribution is 0.0989. The van der Waals surface area contributed by atoms with Crippen LogP contribution in [0.4, 0.5) is 0 Å². The van der Waals surface area contributed by atoms with Gasteiger partial charge >= 0.3 is 0 Å². The largest absolute Gasteiger partial charge is 0.335 e. The van der Waals surface area contributed by atoms with Crippen LogP contribution in [0.25, 0.3) is 0 Å². The second-order valence-corrected chi connectivity index (χ2v) is 3.97. The van der Waals surface area contributed by atoms with Crippen LogP contribution in [-0.4, -0.2) is 20.3 Å². The highest BCUT2D eigenvalue weighted by molar-refractivity contribution is 5.97. The van der Waals surface area contributed by atoms with Crippen LogP contribution in [0.15, 0.2) is 30.7 Å². The summed E-state index contributed by atoms with van der Waals surface area (Å²) in [6.45, 7) is 3.17. The molecular weight excluding hydrogens is 228 g/mol. The van der Waals surface area contributed by atoms with Crippen LogP contribution in [0.1, 0.15) is 28.8 Å². The van der Waals surface area contributed by atoms with Gasteiger partial charge in [0.2, 0.25) is 0 Å². The number of imidazole rings is 1. The molecule has 94 valence electrons. The van der Waals surface area contributed by atoms with Crippen LogP contribution >= 0.6 is 0 Å². The Labute approximate surface area is 106 Å². The predicted molar refractivity (Wildman–Crippen MR) is 68.1 cm³/mol. The van der Waals surface area contributed by atoms with Crippen molar-refractivity contribution in [1.29, 1.82) is 0 Å². The van der Waals surface area contributed by atoms with Crippen molar-refractivity contribution in [2.45, 2.75) is 26.4 Å². The smallest absolute Gasteiger partial charge is 0.170 e. The number of Topliss-reactive ketones (excluding diaryl/α,β-unsaturated/α-hetero) is 1. The zero-order valence-corrected chi connectivity index (χ0v) is 10.3. The van der Waals surface area contributed by atoms with Gasteiger partial charge in [-0.1, -0.05) is 0 Å². The number of hydrogen-bond acceptors (Lipinski definition) is 4. The lowest BCUT2D eigenvalue weighted by Crippen LogP contribution is -2.10. The summed E-state index contributed by atoms with van der Waals surface area (Å²) in [5.74, 6) is 0.821. The van der Waals surface area contributed by atoms with Crippen LogP contribution < -0.4 is 5.73 Å². The van der Waals surface area contributed by atoms with Crippen LogP contribution in [0.3, 0.4) is 0 Å². The lowest BCUT2D eigenvalue weighted by atomic mass is 10.1. The quantitative estimate of drug-likeness (QED) is 0.801. The molecule has 0 bridgehead atoms. The van der Waals surface area contributed by atoms with E-state index in [-0.39, 0.29) is 5.78 Å². The van der Waals surface area contributed by atoms with Gasteiger partial charge in [0.1, 0.15) is 5.82 Å². The molecule has 2 heterocycles. The number of nitrogens with two attached hydrogens (primary N) is 1. The molecule has 2 N–H and O–H groups in total. The predicted octanol–water partition coefficient (Wildman–Crippen LogP) is 1.18. The number of aromatic nitrogens is 3. The lowest BCUT2D eigenvalue weighted by Gasteiger charge is -2.05. The third kappa shape index (κ3) is 2.62. The molecule has 0 aromatic carbocycles. The molecule has 0 amide bonds. The Hall–Kier alpha value is -2.01. The summed E-state index contributed by atoms with van der Waals surface area (Å²) in [5.41, 5.74) is 6.87. The Kier molecular flexibility index (Phi) is 3.84. The van der Waals surface area contributed by atoms with E-state index in [4.69, 9.17) is 5.73 Å². The van der Waals surface area contributed by atoms with E-state index in [1.54, 1.807) is 24.5 Å². The van der Waals surface area contributed by atoms with Gasteiger partial charge in [-0.2, -0.15) is 0 Å². The molecule has 2 aromatic rings. The fraction of sp³-hybridized carbons (Fsp3) is 0.308. The summed E-state index contributed by atoms with van der Waals surface area (Å²) in [6.07, 6.45) is 5.50. The summed E-state index contributed by atoms with van der Waals surface area (Å²) >= 11 is 0. The third-order valence-corrected chi connectivity index (χ3v) is 2.81. The van der Waals surface area contributed by atoms with Crippen molar-refractivity contribution in [3.05, 3.63) is 47.8 Å². The average molecular weight is 244 g/mol. The zero-order chi connectivity index (χ0) is 13.0. The number of ketones is 1. The maximum Gasteiger partial charge on any atom is 0.170 e. The molecule has 2 rings (SSSR count). The van der Waals surface area contributed by atoms with Gasteiger partial charge in [0.15, 0.2) is 5.78 Å². The molecular formula is C13H16N4O. The average Bonchev–Trinajstić information content (AvgIpc) is 2.86. The fourth-order valence-electron chi connectivity index (χ4n) is 1.80. The molecule has 5 nitrogen and oxygen atoms in total. The van der Waals surface area contributed by atoms with E-state index in [0.717, 1.165) is 18.1 Å². The van der Waals surface area contributed by atoms with Crippen molar-refractivity contribution in [3.63, 3.8) is 0 Å². The topological polar surface area (TPSA) is 73.8 Å². The molecule has 0 saturated carbocycles. The molecule has 0 atom stereocenters. The summed E-state index contributed by atoms with van der Waals surface area (Å²) in [7, 11) is 0. The van der Waals surface area contributed by atoms with Crippen LogP contribution in [0.2, 0.25) is 0 Å². The van der Waals surface area contributed by atoms with Crippen molar-refractivity contribution < 1.29 is 4.79 Å². The highest BCUT2D eigenvalue weighted by atomic mass is 16.1. The number of hydrogen-bond donors (Lipinski definition) is 1. The molecule has 0 saturated heterocycles. The highest BCUT2D eigenvalue weighted by Crippen LogP contribution is 2.07. The van der Waals surface area contributed by atoms with E-state index < -0.39 is 0 Å². The summed E-state index contributed by atoms with van der Waals surface area (Å²) in [4.78, 5) is 20.4. The number of nitrogens with zero attached hydrogens (tertiary/aromatic N) is 3. The van der Waals surface area contributed by atoms with Gasteiger partial charge < -0.3 is 10.3 Å². The van der Waals surface area contributed by atoms with Gasteiger partial charge in [0, 0.05) is 37.2 Å². The molecule has 0 unspecified atom stereocenters. The first-order valence-electron chi connectivity index (χ1n) is 5.92. The standard InChI is InChI=1S/C13H16N4O/c1-2-17-6-5-16-13(17)8-12(18)10-3-4-15-11(7-10)9-14/h3-7H,2,8-9,14H2,1H3. The van der Waals surface area contributed by atoms with E-state index in [1.165, 1.54) is 0 Å². The number of carbonyl (C=O) groups excluding carboxylic acids is 1. The first-order chi connectivity index (χ1) is 8.74. The SMILES string of the molecule is CCn1ccnc1CC(=O)c1ccnc(CN)c1. The van der Waals surface area contributed by atoms with Crippen molar-refractivity contribution in [2.24, 2.45) is 5.73 Å². The van der Waals surface area contributed by atoms with Gasteiger partial charge in [-0.3, -0.25) is 9.78 Å². The monoisotopic (exact) mass is 244 g/mol. The van der Waals surface area contributed by atoms with Crippen molar-refractivity contribution in [2.75, 3.05) is 0 Å². The normalized spacial score (nSPS) is 10.6. The highest BCUT2D eigenvalue weighted by Gasteiger charge is 2.11. The van der Waals surface area contributed by atoms with Gasteiger partial charge in [-0.05, 0) is 19.1 Å². The van der Waals surface area contributed by atoms with Crippen LogP contribution in [0, 0.1) is 0 Å². The number of aryl methyl sites for hydroxylation is 1. The first-order valence-corrected chi connectivity index (χ1v) is 5.92. The Bertz CT molecular complexity index is 547. The van der Waals surface area contributed by atoms with Gasteiger partial charge in [-0.25, -0.2) is 4.98 Å². The van der Waals surface area contributed by atoms with E-state index in [0.29, 0.717) is 18.5 Å². The number of rotatable bonds is 5. The van der Waals surface area contributed by atoms with E-state index in [2.05, 4.69) is 9.97 Å². The van der Waals surface area contributed by atoms with Crippen molar-refractivity contribution >= 4 is 5.78 Å². The minimum atomic E-state index is 0.0352. The molecule has 0 aliphatic rings. The molecule has 0 radical (unpaired) electrons. The minimum Gasteiger partial charge on any atom is -0.335 e. The van der Waals surface area contributed by atoms with Gasteiger partial charge in [0.25, 0.3) is 0 Å². The molecule has 2 aromatic heterocycles. The van der Waals surface area contributed by atoms with Crippen LogP contribution in [-0.2, 0) is 19.5 Å². The molecule has 0 aliphatic carbocycles. The van der Waals surface area contributed by atoms with Crippen molar-refractivity contribution in [1.82, 2.24) is 14.5 Å². The van der Waals surface area contributed by atoms with Gasteiger partial charge in [-0.15, -0.1) is 0 Å². The molecule has 0 spiro atoms. The second kappa shape index (κ2) is 5.55. The van der Waals surface area contributed by atoms with E-state index in [9.17, 15) is 4.79 Å². The first kappa shape index (κ1) is 12.4.